The summed E-state index contributed by atoms with van der Waals surface area (Å²) in [5, 5.41) is 2.48. The van der Waals surface area contributed by atoms with E-state index in [0.717, 1.165) is 11.3 Å². The van der Waals surface area contributed by atoms with Crippen molar-refractivity contribution < 1.29 is 31.9 Å². The number of ether oxygens (including phenoxy) is 1. The standard InChI is InChI=1S/C16H18F4N2O3/c1-22-12-5-3-2-4-11(12)10(6-14(22)24)7-21-13(23)8-25-9-16(19,20)15(17)18/h2-5,10,15H,6-9H2,1H3,(H,21,23)/t10-/m0/s1. The van der Waals surface area contributed by atoms with E-state index in [9.17, 15) is 27.2 Å². The van der Waals surface area contributed by atoms with Crippen LogP contribution < -0.4 is 10.2 Å². The Kier molecular flexibility index (Phi) is 5.99. The lowest BCUT2D eigenvalue weighted by Crippen LogP contribution is -2.39. The predicted octanol–water partition coefficient (Wildman–Crippen LogP) is 2.17. The number of alkyl halides is 4. The van der Waals surface area contributed by atoms with Crippen molar-refractivity contribution in [3.8, 4) is 0 Å². The van der Waals surface area contributed by atoms with E-state index in [4.69, 9.17) is 0 Å². The van der Waals surface area contributed by atoms with Gasteiger partial charge in [-0.1, -0.05) is 18.2 Å². The van der Waals surface area contributed by atoms with Gasteiger partial charge in [-0.3, -0.25) is 9.59 Å². The molecule has 1 aliphatic rings. The Morgan fingerprint density at radius 3 is 2.76 bits per heavy atom. The second kappa shape index (κ2) is 7.81. The Hall–Kier alpha value is -2.16. The highest BCUT2D eigenvalue weighted by Crippen LogP contribution is 2.34. The number of nitrogens with zero attached hydrogens (tertiary/aromatic N) is 1. The molecule has 1 aromatic rings. The van der Waals surface area contributed by atoms with Crippen molar-refractivity contribution in [3.63, 3.8) is 0 Å². The lowest BCUT2D eigenvalue weighted by molar-refractivity contribution is -0.168. The van der Waals surface area contributed by atoms with Crippen LogP contribution in [0.15, 0.2) is 24.3 Å². The van der Waals surface area contributed by atoms with Crippen LogP contribution in [0.2, 0.25) is 0 Å². The average molecular weight is 362 g/mol. The van der Waals surface area contributed by atoms with Crippen LogP contribution in [0.4, 0.5) is 23.2 Å². The van der Waals surface area contributed by atoms with Crippen LogP contribution in [0.3, 0.4) is 0 Å². The zero-order valence-electron chi connectivity index (χ0n) is 13.5. The zero-order valence-corrected chi connectivity index (χ0v) is 13.5. The number of carbonyl (C=O) groups excluding carboxylic acids is 2. The smallest absolute Gasteiger partial charge is 0.330 e. The fourth-order valence-electron chi connectivity index (χ4n) is 2.54. The van der Waals surface area contributed by atoms with E-state index >= 15 is 0 Å². The topological polar surface area (TPSA) is 58.6 Å². The molecule has 1 aromatic carbocycles. The van der Waals surface area contributed by atoms with Gasteiger partial charge in [0.2, 0.25) is 11.8 Å². The van der Waals surface area contributed by atoms with Crippen LogP contribution in [-0.2, 0) is 14.3 Å². The largest absolute Gasteiger partial charge is 0.365 e. The normalized spacial score (nSPS) is 17.6. The SMILES string of the molecule is CN1C(=O)C[C@@H](CNC(=O)COCC(F)(F)C(F)F)c2ccccc21. The van der Waals surface area contributed by atoms with E-state index in [1.807, 2.05) is 12.1 Å². The number of halogens is 4. The fourth-order valence-corrected chi connectivity index (χ4v) is 2.54. The molecule has 138 valence electrons. The van der Waals surface area contributed by atoms with Crippen LogP contribution in [0.5, 0.6) is 0 Å². The number of hydrogen-bond acceptors (Lipinski definition) is 3. The van der Waals surface area contributed by atoms with Crippen molar-refractivity contribution in [2.24, 2.45) is 0 Å². The number of nitrogens with one attached hydrogen (secondary N) is 1. The minimum absolute atomic E-state index is 0.106. The molecule has 0 fully saturated rings. The first kappa shape index (κ1) is 19.2. The van der Waals surface area contributed by atoms with E-state index in [1.165, 1.54) is 4.90 Å². The molecule has 0 aliphatic carbocycles. The summed E-state index contributed by atoms with van der Waals surface area (Å²) in [7, 11) is 1.66. The zero-order chi connectivity index (χ0) is 18.6. The molecule has 1 heterocycles. The van der Waals surface area contributed by atoms with Crippen LogP contribution >= 0.6 is 0 Å². The van der Waals surface area contributed by atoms with Crippen LogP contribution in [0, 0.1) is 0 Å². The number of para-hydroxylation sites is 1. The van der Waals surface area contributed by atoms with Crippen molar-refractivity contribution in [1.82, 2.24) is 5.32 Å². The highest BCUT2D eigenvalue weighted by atomic mass is 19.3. The molecule has 0 saturated carbocycles. The summed E-state index contributed by atoms with van der Waals surface area (Å²) in [4.78, 5) is 25.2. The first-order valence-corrected chi connectivity index (χ1v) is 7.58. The third-order valence-electron chi connectivity index (χ3n) is 3.93. The predicted molar refractivity (Wildman–Crippen MR) is 82.0 cm³/mol. The van der Waals surface area contributed by atoms with E-state index in [2.05, 4.69) is 10.1 Å². The number of carbonyl (C=O) groups is 2. The number of anilines is 1. The number of fused-ring (bicyclic) bond motifs is 1. The second-order valence-electron chi connectivity index (χ2n) is 5.77. The molecule has 5 nitrogen and oxygen atoms in total. The van der Waals surface area contributed by atoms with Gasteiger partial charge in [0.25, 0.3) is 0 Å². The van der Waals surface area contributed by atoms with Gasteiger partial charge in [0.05, 0.1) is 0 Å². The first-order chi connectivity index (χ1) is 11.7. The molecular weight excluding hydrogens is 344 g/mol. The minimum atomic E-state index is -4.29. The maximum atomic E-state index is 12.7. The molecule has 0 spiro atoms. The summed E-state index contributed by atoms with van der Waals surface area (Å²) in [6.45, 7) is -2.18. The lowest BCUT2D eigenvalue weighted by atomic mass is 9.89. The molecular formula is C16H18F4N2O3. The molecule has 1 aliphatic heterocycles. The Morgan fingerprint density at radius 1 is 1.40 bits per heavy atom. The molecule has 25 heavy (non-hydrogen) atoms. The third-order valence-corrected chi connectivity index (χ3v) is 3.93. The lowest BCUT2D eigenvalue weighted by Gasteiger charge is -2.31. The minimum Gasteiger partial charge on any atom is -0.365 e. The summed E-state index contributed by atoms with van der Waals surface area (Å²) in [6.07, 6.45) is -3.66. The molecule has 0 radical (unpaired) electrons. The van der Waals surface area contributed by atoms with Crippen molar-refractivity contribution in [2.45, 2.75) is 24.7 Å². The van der Waals surface area contributed by atoms with Crippen molar-refractivity contribution in [1.29, 1.82) is 0 Å². The first-order valence-electron chi connectivity index (χ1n) is 7.58. The monoisotopic (exact) mass is 362 g/mol. The van der Waals surface area contributed by atoms with Gasteiger partial charge < -0.3 is 15.0 Å². The molecule has 2 rings (SSSR count). The van der Waals surface area contributed by atoms with Gasteiger partial charge in [0.15, 0.2) is 0 Å². The van der Waals surface area contributed by atoms with Crippen LogP contribution in [-0.4, -0.2) is 51.0 Å². The average Bonchev–Trinajstić information content (AvgIpc) is 2.56. The number of benzene rings is 1. The third kappa shape index (κ3) is 4.68. The van der Waals surface area contributed by atoms with Gasteiger partial charge in [-0.25, -0.2) is 8.78 Å². The Balaban J connectivity index is 1.86. The number of amides is 2. The van der Waals surface area contributed by atoms with Gasteiger partial charge in [-0.05, 0) is 11.6 Å². The summed E-state index contributed by atoms with van der Waals surface area (Å²) in [5.74, 6) is -5.37. The fraction of sp³-hybridized carbons (Fsp3) is 0.500. The number of rotatable bonds is 7. The van der Waals surface area contributed by atoms with E-state index < -0.39 is 31.5 Å². The molecule has 1 N–H and O–H groups in total. The van der Waals surface area contributed by atoms with Gasteiger partial charge in [0, 0.05) is 31.6 Å². The highest BCUT2D eigenvalue weighted by molar-refractivity contribution is 5.96. The van der Waals surface area contributed by atoms with Crippen molar-refractivity contribution >= 4 is 17.5 Å². The Bertz CT molecular complexity index is 640. The second-order valence-corrected chi connectivity index (χ2v) is 5.77. The Morgan fingerprint density at radius 2 is 2.08 bits per heavy atom. The maximum Gasteiger partial charge on any atom is 0.330 e. The number of hydrogen-bond donors (Lipinski definition) is 1. The van der Waals surface area contributed by atoms with E-state index in [1.54, 1.807) is 19.2 Å². The van der Waals surface area contributed by atoms with Gasteiger partial charge in [-0.2, -0.15) is 8.78 Å². The molecule has 0 aromatic heterocycles. The molecule has 9 heteroatoms. The molecule has 1 atom stereocenters. The maximum absolute atomic E-state index is 12.7. The molecule has 0 bridgehead atoms. The van der Waals surface area contributed by atoms with Crippen LogP contribution in [0.1, 0.15) is 17.9 Å². The Labute approximate surface area is 141 Å². The van der Waals surface area contributed by atoms with E-state index in [-0.39, 0.29) is 24.8 Å². The quantitative estimate of drug-likeness (QED) is 0.757. The van der Waals surface area contributed by atoms with Gasteiger partial charge in [0.1, 0.15) is 13.2 Å². The summed E-state index contributed by atoms with van der Waals surface area (Å²) in [6, 6.07) is 7.24. The van der Waals surface area contributed by atoms with Crippen LogP contribution in [0.25, 0.3) is 0 Å². The highest BCUT2D eigenvalue weighted by Gasteiger charge is 2.41. The van der Waals surface area contributed by atoms with Crippen molar-refractivity contribution in [2.75, 3.05) is 31.7 Å². The van der Waals surface area contributed by atoms with Gasteiger partial charge >= 0.3 is 12.3 Å². The van der Waals surface area contributed by atoms with Gasteiger partial charge in [-0.15, -0.1) is 0 Å². The molecule has 0 saturated heterocycles. The molecule has 0 unspecified atom stereocenters. The summed E-state index contributed by atoms with van der Waals surface area (Å²) >= 11 is 0. The summed E-state index contributed by atoms with van der Waals surface area (Å²) in [5.41, 5.74) is 1.63. The molecule has 2 amide bonds. The van der Waals surface area contributed by atoms with Crippen molar-refractivity contribution in [3.05, 3.63) is 29.8 Å². The van der Waals surface area contributed by atoms with E-state index in [0.29, 0.717) is 0 Å². The summed E-state index contributed by atoms with van der Waals surface area (Å²) < 4.78 is 53.6.